The van der Waals surface area contributed by atoms with E-state index in [1.807, 2.05) is 56.3 Å². The van der Waals surface area contributed by atoms with Crippen LogP contribution in [0.5, 0.6) is 0 Å². The molecule has 3 aromatic rings. The SMILES string of the molecule is CC(C)C[C@@H](C(=O)N(C)[C@H](C#N)C[C@@]1(C)C(=O)Nc2ccccc21)N(C)C(=O)c1cccc(-c2ccc(C#N)cc2)c1. The average molecular weight is 562 g/mol. The number of para-hydroxylation sites is 1. The Bertz CT molecular complexity index is 1580. The van der Waals surface area contributed by atoms with Crippen molar-refractivity contribution >= 4 is 23.4 Å². The number of carbonyl (C=O) groups excluding carboxylic acids is 3. The molecule has 42 heavy (non-hydrogen) atoms. The summed E-state index contributed by atoms with van der Waals surface area (Å²) in [4.78, 5) is 43.5. The van der Waals surface area contributed by atoms with Crippen LogP contribution in [-0.2, 0) is 15.0 Å². The Morgan fingerprint density at radius 3 is 2.26 bits per heavy atom. The minimum atomic E-state index is -0.979. The van der Waals surface area contributed by atoms with Crippen LogP contribution in [0.3, 0.4) is 0 Å². The molecule has 8 heteroatoms. The van der Waals surface area contributed by atoms with Crippen molar-refractivity contribution in [2.75, 3.05) is 19.4 Å². The molecule has 0 saturated carbocycles. The molecule has 3 atom stereocenters. The molecule has 0 bridgehead atoms. The van der Waals surface area contributed by atoms with Crippen LogP contribution < -0.4 is 5.32 Å². The fraction of sp³-hybridized carbons (Fsp3) is 0.324. The molecule has 0 unspecified atom stereocenters. The van der Waals surface area contributed by atoms with Gasteiger partial charge < -0.3 is 15.1 Å². The number of hydrogen-bond acceptors (Lipinski definition) is 5. The van der Waals surface area contributed by atoms with Crippen molar-refractivity contribution in [3.05, 3.63) is 89.5 Å². The van der Waals surface area contributed by atoms with Crippen LogP contribution in [-0.4, -0.2) is 53.7 Å². The van der Waals surface area contributed by atoms with Gasteiger partial charge in [-0.2, -0.15) is 10.5 Å². The summed E-state index contributed by atoms with van der Waals surface area (Å²) in [7, 11) is 3.17. The van der Waals surface area contributed by atoms with E-state index in [0.717, 1.165) is 16.7 Å². The number of carbonyl (C=O) groups is 3. The number of hydrogen-bond donors (Lipinski definition) is 1. The summed E-state index contributed by atoms with van der Waals surface area (Å²) in [6, 6.07) is 24.3. The van der Waals surface area contributed by atoms with Crippen LogP contribution in [0, 0.1) is 28.6 Å². The third-order valence-corrected chi connectivity index (χ3v) is 8.06. The van der Waals surface area contributed by atoms with Crippen molar-refractivity contribution in [1.29, 1.82) is 10.5 Å². The Kier molecular flexibility index (Phi) is 8.78. The molecule has 0 aliphatic carbocycles. The first-order chi connectivity index (χ1) is 20.0. The lowest BCUT2D eigenvalue weighted by atomic mass is 9.78. The predicted octanol–water partition coefficient (Wildman–Crippen LogP) is 5.36. The average Bonchev–Trinajstić information content (AvgIpc) is 3.26. The highest BCUT2D eigenvalue weighted by atomic mass is 16.2. The lowest BCUT2D eigenvalue weighted by molar-refractivity contribution is -0.137. The third kappa shape index (κ3) is 5.89. The van der Waals surface area contributed by atoms with Gasteiger partial charge in [-0.1, -0.05) is 56.3 Å². The highest BCUT2D eigenvalue weighted by Crippen LogP contribution is 2.41. The van der Waals surface area contributed by atoms with Crippen LogP contribution in [0.4, 0.5) is 5.69 Å². The number of nitrogens with zero attached hydrogens (tertiary/aromatic N) is 4. The number of rotatable bonds is 9. The van der Waals surface area contributed by atoms with Gasteiger partial charge in [-0.05, 0) is 72.7 Å². The smallest absolute Gasteiger partial charge is 0.254 e. The highest BCUT2D eigenvalue weighted by molar-refractivity contribution is 6.06. The zero-order chi connectivity index (χ0) is 30.6. The first-order valence-corrected chi connectivity index (χ1v) is 13.9. The van der Waals surface area contributed by atoms with Crippen LogP contribution in [0.15, 0.2) is 72.8 Å². The van der Waals surface area contributed by atoms with E-state index in [0.29, 0.717) is 23.2 Å². The normalized spacial score (nSPS) is 16.9. The molecule has 0 saturated heterocycles. The molecule has 0 spiro atoms. The van der Waals surface area contributed by atoms with Crippen molar-refractivity contribution in [2.24, 2.45) is 5.92 Å². The molecule has 3 aromatic carbocycles. The Balaban J connectivity index is 1.57. The molecule has 1 aliphatic heterocycles. The second-order valence-electron chi connectivity index (χ2n) is 11.5. The van der Waals surface area contributed by atoms with Crippen LogP contribution in [0.1, 0.15) is 55.1 Å². The summed E-state index contributed by atoms with van der Waals surface area (Å²) in [5.41, 5.74) is 3.18. The van der Waals surface area contributed by atoms with Crippen molar-refractivity contribution in [2.45, 2.75) is 51.1 Å². The summed E-state index contributed by atoms with van der Waals surface area (Å²) in [5, 5.41) is 22.1. The number of fused-ring (bicyclic) bond motifs is 1. The molecule has 0 radical (unpaired) electrons. The molecule has 0 aromatic heterocycles. The van der Waals surface area contributed by atoms with E-state index in [4.69, 9.17) is 5.26 Å². The van der Waals surface area contributed by atoms with Crippen LogP contribution >= 0.6 is 0 Å². The Hall–Kier alpha value is -4.95. The van der Waals surface area contributed by atoms with E-state index in [1.54, 1.807) is 51.4 Å². The maximum atomic E-state index is 14.0. The first kappa shape index (κ1) is 30.0. The van der Waals surface area contributed by atoms with E-state index >= 15 is 0 Å². The minimum Gasteiger partial charge on any atom is -0.330 e. The molecule has 0 fully saturated rings. The predicted molar refractivity (Wildman–Crippen MR) is 161 cm³/mol. The quantitative estimate of drug-likeness (QED) is 0.377. The second-order valence-corrected chi connectivity index (χ2v) is 11.5. The van der Waals surface area contributed by atoms with E-state index < -0.39 is 17.5 Å². The third-order valence-electron chi connectivity index (χ3n) is 8.06. The summed E-state index contributed by atoms with van der Waals surface area (Å²) in [6.45, 7) is 5.75. The lowest BCUT2D eigenvalue weighted by Crippen LogP contribution is -2.52. The Morgan fingerprint density at radius 2 is 1.62 bits per heavy atom. The number of nitriles is 2. The number of likely N-dealkylation sites (N-methyl/N-ethyl adjacent to an activating group) is 2. The van der Waals surface area contributed by atoms with Gasteiger partial charge in [-0.25, -0.2) is 0 Å². The zero-order valence-corrected chi connectivity index (χ0v) is 24.6. The van der Waals surface area contributed by atoms with Gasteiger partial charge in [0.15, 0.2) is 0 Å². The van der Waals surface area contributed by atoms with E-state index in [-0.39, 0.29) is 30.1 Å². The largest absolute Gasteiger partial charge is 0.330 e. The van der Waals surface area contributed by atoms with E-state index in [9.17, 15) is 19.6 Å². The van der Waals surface area contributed by atoms with Crippen molar-refractivity contribution in [3.8, 4) is 23.3 Å². The fourth-order valence-electron chi connectivity index (χ4n) is 5.49. The van der Waals surface area contributed by atoms with Crippen LogP contribution in [0.25, 0.3) is 11.1 Å². The number of benzene rings is 3. The van der Waals surface area contributed by atoms with Gasteiger partial charge in [0.25, 0.3) is 5.91 Å². The van der Waals surface area contributed by atoms with Crippen molar-refractivity contribution in [1.82, 2.24) is 9.80 Å². The molecule has 1 N–H and O–H groups in total. The monoisotopic (exact) mass is 561 g/mol. The first-order valence-electron chi connectivity index (χ1n) is 13.9. The second kappa shape index (κ2) is 12.3. The lowest BCUT2D eigenvalue weighted by Gasteiger charge is -2.35. The van der Waals surface area contributed by atoms with Gasteiger partial charge in [0.1, 0.15) is 12.1 Å². The number of amides is 3. The fourth-order valence-corrected chi connectivity index (χ4v) is 5.49. The molecule has 1 heterocycles. The maximum Gasteiger partial charge on any atom is 0.254 e. The van der Waals surface area contributed by atoms with Crippen molar-refractivity contribution in [3.63, 3.8) is 0 Å². The molecular formula is C34H35N5O3. The summed E-state index contributed by atoms with van der Waals surface area (Å²) >= 11 is 0. The van der Waals surface area contributed by atoms with Gasteiger partial charge in [-0.3, -0.25) is 14.4 Å². The summed E-state index contributed by atoms with van der Waals surface area (Å²) in [5.74, 6) is -0.789. The molecule has 3 amide bonds. The van der Waals surface area contributed by atoms with Crippen molar-refractivity contribution < 1.29 is 14.4 Å². The summed E-state index contributed by atoms with van der Waals surface area (Å²) < 4.78 is 0. The molecule has 1 aliphatic rings. The maximum absolute atomic E-state index is 14.0. The van der Waals surface area contributed by atoms with Gasteiger partial charge in [0.05, 0.1) is 23.1 Å². The highest BCUT2D eigenvalue weighted by Gasteiger charge is 2.45. The molecule has 214 valence electrons. The van der Waals surface area contributed by atoms with Crippen LogP contribution in [0.2, 0.25) is 0 Å². The Labute approximate surface area is 247 Å². The zero-order valence-electron chi connectivity index (χ0n) is 24.6. The summed E-state index contributed by atoms with van der Waals surface area (Å²) in [6.07, 6.45) is 0.521. The Morgan fingerprint density at radius 1 is 0.929 bits per heavy atom. The number of nitrogens with one attached hydrogen (secondary N) is 1. The number of anilines is 1. The minimum absolute atomic E-state index is 0.0955. The van der Waals surface area contributed by atoms with Gasteiger partial charge >= 0.3 is 0 Å². The van der Waals surface area contributed by atoms with Gasteiger partial charge in [-0.15, -0.1) is 0 Å². The molecule has 8 nitrogen and oxygen atoms in total. The molecular weight excluding hydrogens is 526 g/mol. The van der Waals surface area contributed by atoms with E-state index in [1.165, 1.54) is 9.80 Å². The standard InChI is InChI=1S/C34H35N5O3/c1-22(2)17-30(39(5)31(40)26-10-8-9-25(18-26)24-15-13-23(20-35)14-16-24)32(41)38(4)27(21-36)19-34(3)28-11-6-7-12-29(28)37-33(34)42/h6-16,18,22,27,30H,17,19H2,1-5H3,(H,37,42)/t27-,30-,34+/m0/s1. The van der Waals surface area contributed by atoms with E-state index in [2.05, 4.69) is 17.5 Å². The topological polar surface area (TPSA) is 117 Å². The van der Waals surface area contributed by atoms with Gasteiger partial charge in [0, 0.05) is 25.3 Å². The van der Waals surface area contributed by atoms with Gasteiger partial charge in [0.2, 0.25) is 11.8 Å². The molecule has 4 rings (SSSR count).